The molecule has 0 fully saturated rings. The molecule has 6 aromatic carbocycles. The quantitative estimate of drug-likeness (QED) is 0.0324. The molecule has 0 spiro atoms. The second-order valence-electron chi connectivity index (χ2n) is 13.2. The van der Waals surface area contributed by atoms with Crippen molar-refractivity contribution in [3.05, 3.63) is 123 Å². The summed E-state index contributed by atoms with van der Waals surface area (Å²) in [7, 11) is -11.2. The summed E-state index contributed by atoms with van der Waals surface area (Å²) >= 11 is 0. The first-order valence-electron chi connectivity index (χ1n) is 17.7. The van der Waals surface area contributed by atoms with Crippen molar-refractivity contribution in [1.82, 2.24) is 0 Å². The zero-order valence-electron chi connectivity index (χ0n) is 35.3. The Balaban J connectivity index is 0.00000562. The van der Waals surface area contributed by atoms with Gasteiger partial charge < -0.3 is 34.6 Å². The molecule has 5 N–H and O–H groups in total. The summed E-state index contributed by atoms with van der Waals surface area (Å²) in [5.74, 6) is -6.73. The van der Waals surface area contributed by atoms with Crippen molar-refractivity contribution < 1.29 is 135 Å². The molecule has 0 radical (unpaired) electrons. The number of nitro groups is 5. The molecule has 0 saturated heterocycles. The number of azo groups is 4. The first-order valence-corrected chi connectivity index (χ1v) is 20.6. The average molecular weight is 1050 g/mol. The maximum absolute atomic E-state index is 12.4. The Morgan fingerprint density at radius 3 is 1.24 bits per heavy atom. The molecular weight excluding hydrogens is 1040 g/mol. The predicted molar refractivity (Wildman–Crippen MR) is 224 cm³/mol. The molecule has 0 aliphatic carbocycles. The van der Waals surface area contributed by atoms with E-state index in [1.165, 1.54) is 0 Å². The SMILES string of the molecule is O=[N+]([O-])c1ccc(N=Nc2c(S(=O)(=O)[O-])cc3cc(S(=O)(=O)[O-])cc(N=Nc4cc(N=Nc5cc([N+](=O)[O-])cc([N+](=O)[O-])c5O)c(O)c(N=Nc5cc([N+](=O)[O-])cc([N+](=O)[O-])c5O)c4O)c3c2O)cc1.[Na+].[Na+]. The first-order chi connectivity index (χ1) is 32.7. The Morgan fingerprint density at radius 1 is 0.403 bits per heavy atom. The minimum Gasteiger partial charge on any atom is -0.744 e. The van der Waals surface area contributed by atoms with Crippen LogP contribution in [0.3, 0.4) is 0 Å². The second kappa shape index (κ2) is 21.8. The largest absolute Gasteiger partial charge is 1.00 e. The van der Waals surface area contributed by atoms with Crippen LogP contribution >= 0.6 is 0 Å². The average Bonchev–Trinajstić information content (AvgIpc) is 3.27. The normalized spacial score (nSPS) is 11.8. The summed E-state index contributed by atoms with van der Waals surface area (Å²) in [5, 5.41) is 139. The van der Waals surface area contributed by atoms with Crippen LogP contribution in [0.5, 0.6) is 28.7 Å². The maximum atomic E-state index is 12.4. The van der Waals surface area contributed by atoms with Gasteiger partial charge in [-0.25, -0.2) is 16.8 Å². The van der Waals surface area contributed by atoms with Crippen molar-refractivity contribution in [3.63, 3.8) is 0 Å². The Morgan fingerprint density at radius 2 is 0.819 bits per heavy atom. The van der Waals surface area contributed by atoms with E-state index < -0.39 is 162 Å². The number of rotatable bonds is 15. The van der Waals surface area contributed by atoms with Gasteiger partial charge in [-0.3, -0.25) is 50.6 Å². The Kier molecular flexibility index (Phi) is 17.1. The van der Waals surface area contributed by atoms with E-state index in [4.69, 9.17) is 0 Å². The van der Waals surface area contributed by atoms with Gasteiger partial charge in [0, 0.05) is 30.3 Å². The van der Waals surface area contributed by atoms with E-state index in [1.54, 1.807) is 0 Å². The van der Waals surface area contributed by atoms with Crippen molar-refractivity contribution in [1.29, 1.82) is 0 Å². The van der Waals surface area contributed by atoms with Gasteiger partial charge in [-0.1, -0.05) is 0 Å². The number of phenolic OH excluding ortho intramolecular Hbond substituents is 5. The van der Waals surface area contributed by atoms with Crippen LogP contribution in [0, 0.1) is 50.6 Å². The topological polar surface area (TPSA) is 530 Å². The van der Waals surface area contributed by atoms with Crippen LogP contribution in [-0.4, -0.2) is 76.1 Å². The molecule has 34 nitrogen and oxygen atoms in total. The minimum atomic E-state index is -5.68. The summed E-state index contributed by atoms with van der Waals surface area (Å²) < 4.78 is 74.0. The molecule has 0 aromatic heterocycles. The number of hydrogen-bond acceptors (Lipinski definition) is 29. The molecule has 6 rings (SSSR count). The molecule has 72 heavy (non-hydrogen) atoms. The molecule has 0 aliphatic heterocycles. The number of hydrogen-bond donors (Lipinski definition) is 5. The van der Waals surface area contributed by atoms with Gasteiger partial charge in [0.05, 0.1) is 63.3 Å². The fraction of sp³-hybridized carbons (Fsp3) is 0. The monoisotopic (exact) mass is 1050 g/mol. The molecular formula is C34H17N13Na2O21S2. The molecule has 0 bridgehead atoms. The van der Waals surface area contributed by atoms with E-state index >= 15 is 0 Å². The number of non-ortho nitro benzene ring substituents is 3. The summed E-state index contributed by atoms with van der Waals surface area (Å²) in [6.07, 6.45) is 0. The Hall–Kier alpha value is -8.20. The third kappa shape index (κ3) is 12.0. The van der Waals surface area contributed by atoms with E-state index in [0.717, 1.165) is 24.3 Å². The van der Waals surface area contributed by atoms with Crippen LogP contribution < -0.4 is 59.1 Å². The van der Waals surface area contributed by atoms with Crippen LogP contribution in [0.2, 0.25) is 0 Å². The van der Waals surface area contributed by atoms with E-state index in [0.29, 0.717) is 48.5 Å². The summed E-state index contributed by atoms with van der Waals surface area (Å²) in [6, 6.07) is 7.40. The van der Waals surface area contributed by atoms with Gasteiger partial charge in [0.15, 0.2) is 22.9 Å². The molecule has 0 unspecified atom stereocenters. The van der Waals surface area contributed by atoms with Gasteiger partial charge in [0.25, 0.3) is 17.1 Å². The Labute approximate surface area is 439 Å². The van der Waals surface area contributed by atoms with Crippen LogP contribution in [-0.2, 0) is 20.2 Å². The first kappa shape index (κ1) is 56.4. The molecule has 358 valence electrons. The van der Waals surface area contributed by atoms with Crippen LogP contribution in [0.4, 0.5) is 73.9 Å². The van der Waals surface area contributed by atoms with Gasteiger partial charge in [-0.2, -0.15) is 5.11 Å². The maximum Gasteiger partial charge on any atom is 1.00 e. The third-order valence-corrected chi connectivity index (χ3v) is 10.6. The zero-order chi connectivity index (χ0) is 51.7. The van der Waals surface area contributed by atoms with Crippen molar-refractivity contribution in [2.24, 2.45) is 40.9 Å². The standard InChI is InChI=1S/C34H19N13O21S2.2Na/c48-30-20(7-16(44(55)56)9-24(30)46(59)60)37-39-23-12-22(32(50)29(33(23)51)42-40-21-8-17(45(57)58)10-25(31(21)49)47(61)62)38-36-19-11-18(69(63,64)65)5-13-6-26(70(66,67)68)28(34(52)27(13)19)41-35-14-1-3-15(4-2-14)43(53)54;;/h1-12,48-52H,(H,63,64,65)(H,66,67,68);;/q;2*+1/p-2. The van der Waals surface area contributed by atoms with Gasteiger partial charge in [-0.05, 0) is 35.7 Å². The number of phenols is 5. The van der Waals surface area contributed by atoms with E-state index in [-0.39, 0.29) is 64.8 Å². The summed E-state index contributed by atoms with van der Waals surface area (Å²) in [6.45, 7) is 0. The molecule has 6 aromatic rings. The third-order valence-electron chi connectivity index (χ3n) is 8.91. The van der Waals surface area contributed by atoms with Crippen molar-refractivity contribution in [2.75, 3.05) is 0 Å². The fourth-order valence-electron chi connectivity index (χ4n) is 5.71. The van der Waals surface area contributed by atoms with Crippen LogP contribution in [0.25, 0.3) is 10.8 Å². The predicted octanol–water partition coefficient (Wildman–Crippen LogP) is 2.39. The molecule has 0 heterocycles. The van der Waals surface area contributed by atoms with Crippen molar-refractivity contribution >= 4 is 105 Å². The fourth-order valence-corrected chi connectivity index (χ4v) is 6.88. The van der Waals surface area contributed by atoms with Gasteiger partial charge in [0.1, 0.15) is 48.7 Å². The number of nitro benzene ring substituents is 5. The van der Waals surface area contributed by atoms with Crippen LogP contribution in [0.1, 0.15) is 0 Å². The smallest absolute Gasteiger partial charge is 0.744 e. The minimum absolute atomic E-state index is 0. The number of fused-ring (bicyclic) bond motifs is 1. The van der Waals surface area contributed by atoms with E-state index in [9.17, 15) is 102 Å². The molecule has 0 saturated carbocycles. The second-order valence-corrected chi connectivity index (χ2v) is 16.0. The van der Waals surface area contributed by atoms with E-state index in [2.05, 4.69) is 40.9 Å². The Bertz CT molecular complexity index is 3670. The molecule has 0 aliphatic rings. The molecule has 0 atom stereocenters. The molecule has 38 heteroatoms. The number of aromatic hydroxyl groups is 5. The van der Waals surface area contributed by atoms with Crippen molar-refractivity contribution in [3.8, 4) is 28.7 Å². The van der Waals surface area contributed by atoms with Gasteiger partial charge in [0.2, 0.25) is 11.5 Å². The van der Waals surface area contributed by atoms with Crippen molar-refractivity contribution in [2.45, 2.75) is 9.79 Å². The number of nitrogens with zero attached hydrogens (tertiary/aromatic N) is 13. The molecule has 0 amide bonds. The summed E-state index contributed by atoms with van der Waals surface area (Å²) in [5.41, 5.74) is -12.7. The number of benzene rings is 6. The van der Waals surface area contributed by atoms with Gasteiger partial charge in [-0.15, -0.1) is 35.8 Å². The van der Waals surface area contributed by atoms with E-state index in [1.807, 2.05) is 0 Å². The summed E-state index contributed by atoms with van der Waals surface area (Å²) in [4.78, 5) is 48.9. The van der Waals surface area contributed by atoms with Gasteiger partial charge >= 0.3 is 70.5 Å². The zero-order valence-corrected chi connectivity index (χ0v) is 41.0. The van der Waals surface area contributed by atoms with Crippen LogP contribution in [0.15, 0.2) is 124 Å².